The lowest BCUT2D eigenvalue weighted by molar-refractivity contribution is 0.100. The number of ether oxygens (including phenoxy) is 1. The number of fused-ring (bicyclic) bond motifs is 1. The molecule has 0 saturated carbocycles. The zero-order valence-corrected chi connectivity index (χ0v) is 14.8. The Labute approximate surface area is 149 Å². The predicted octanol–water partition coefficient (Wildman–Crippen LogP) is 5.23. The van der Waals surface area contributed by atoms with Gasteiger partial charge in [-0.1, -0.05) is 52.3 Å². The van der Waals surface area contributed by atoms with Gasteiger partial charge in [0.05, 0.1) is 6.61 Å². The second kappa shape index (κ2) is 7.41. The van der Waals surface area contributed by atoms with Gasteiger partial charge in [-0.2, -0.15) is 4.99 Å². The lowest BCUT2D eigenvalue weighted by atomic mass is 10.0. The van der Waals surface area contributed by atoms with Crippen LogP contribution in [-0.2, 0) is 4.74 Å². The average Bonchev–Trinajstić information content (AvgIpc) is 2.61. The minimum absolute atomic E-state index is 0.307. The smallest absolute Gasteiger partial charge is 0.280 e. The van der Waals surface area contributed by atoms with Crippen LogP contribution in [0.2, 0.25) is 0 Å². The van der Waals surface area contributed by atoms with E-state index < -0.39 is 0 Å². The first-order valence-corrected chi connectivity index (χ1v) is 8.48. The van der Waals surface area contributed by atoms with Crippen molar-refractivity contribution in [3.63, 3.8) is 0 Å². The molecule has 4 heteroatoms. The van der Waals surface area contributed by atoms with Gasteiger partial charge in [0.15, 0.2) is 0 Å². The summed E-state index contributed by atoms with van der Waals surface area (Å²) in [5, 5.41) is 1.90. The standard InChI is InChI=1S/C20H16BrNO2/c1-2-24-20(15-10-12-16(21)13-11-15)22-19(23)18-9-5-7-14-6-3-4-8-17(14)18/h3-13H,2H2,1H3/b22-20-. The van der Waals surface area contributed by atoms with Gasteiger partial charge in [0.25, 0.3) is 5.91 Å². The van der Waals surface area contributed by atoms with Crippen LogP contribution >= 0.6 is 15.9 Å². The molecule has 0 unspecified atom stereocenters. The number of carbonyl (C=O) groups excluding carboxylic acids is 1. The van der Waals surface area contributed by atoms with Crippen LogP contribution in [0.3, 0.4) is 0 Å². The van der Waals surface area contributed by atoms with E-state index in [-0.39, 0.29) is 5.91 Å². The molecule has 0 atom stereocenters. The summed E-state index contributed by atoms with van der Waals surface area (Å²) in [6.45, 7) is 2.31. The molecular weight excluding hydrogens is 366 g/mol. The highest BCUT2D eigenvalue weighted by atomic mass is 79.9. The summed E-state index contributed by atoms with van der Waals surface area (Å²) in [5.74, 6) is 0.0288. The van der Waals surface area contributed by atoms with Crippen LogP contribution in [0.15, 0.2) is 76.2 Å². The molecule has 3 aromatic rings. The molecule has 0 aliphatic carbocycles. The number of benzene rings is 3. The van der Waals surface area contributed by atoms with E-state index in [9.17, 15) is 4.79 Å². The molecule has 0 fully saturated rings. The summed E-state index contributed by atoms with van der Waals surface area (Å²) in [6, 6.07) is 20.9. The van der Waals surface area contributed by atoms with Crippen molar-refractivity contribution in [3.8, 4) is 0 Å². The number of rotatable bonds is 3. The zero-order valence-electron chi connectivity index (χ0n) is 13.2. The van der Waals surface area contributed by atoms with E-state index >= 15 is 0 Å². The van der Waals surface area contributed by atoms with Crippen molar-refractivity contribution in [1.29, 1.82) is 0 Å². The lowest BCUT2D eigenvalue weighted by Gasteiger charge is -2.08. The Morgan fingerprint density at radius 2 is 1.71 bits per heavy atom. The molecule has 1 amide bonds. The Hall–Kier alpha value is -2.46. The predicted molar refractivity (Wildman–Crippen MR) is 101 cm³/mol. The van der Waals surface area contributed by atoms with Crippen LogP contribution < -0.4 is 0 Å². The van der Waals surface area contributed by atoms with E-state index in [1.54, 1.807) is 6.07 Å². The number of nitrogens with zero attached hydrogens (tertiary/aromatic N) is 1. The minimum atomic E-state index is -0.307. The van der Waals surface area contributed by atoms with Gasteiger partial charge in [0.2, 0.25) is 5.90 Å². The molecule has 0 N–H and O–H groups in total. The monoisotopic (exact) mass is 381 g/mol. The second-order valence-electron chi connectivity index (χ2n) is 5.19. The number of halogens is 1. The fraction of sp³-hybridized carbons (Fsp3) is 0.100. The van der Waals surface area contributed by atoms with Crippen molar-refractivity contribution in [2.75, 3.05) is 6.61 Å². The van der Waals surface area contributed by atoms with Gasteiger partial charge in [-0.25, -0.2) is 0 Å². The quantitative estimate of drug-likeness (QED) is 0.460. The van der Waals surface area contributed by atoms with Crippen LogP contribution in [0.4, 0.5) is 0 Å². The number of amides is 1. The Kier molecular flexibility index (Phi) is 5.06. The third-order valence-electron chi connectivity index (χ3n) is 3.60. The molecule has 3 aromatic carbocycles. The Morgan fingerprint density at radius 3 is 2.46 bits per heavy atom. The molecule has 0 aliphatic rings. The van der Waals surface area contributed by atoms with Crippen LogP contribution in [0.1, 0.15) is 22.8 Å². The molecule has 0 radical (unpaired) electrons. The maximum atomic E-state index is 12.7. The molecule has 0 aliphatic heterocycles. The van der Waals surface area contributed by atoms with E-state index in [2.05, 4.69) is 20.9 Å². The highest BCUT2D eigenvalue weighted by molar-refractivity contribution is 9.10. The molecule has 120 valence electrons. The number of hydrogen-bond acceptors (Lipinski definition) is 2. The van der Waals surface area contributed by atoms with Crippen LogP contribution in [-0.4, -0.2) is 18.4 Å². The topological polar surface area (TPSA) is 38.7 Å². The van der Waals surface area contributed by atoms with Crippen molar-refractivity contribution in [3.05, 3.63) is 82.3 Å². The highest BCUT2D eigenvalue weighted by Gasteiger charge is 2.12. The molecule has 3 rings (SSSR count). The molecule has 0 bridgehead atoms. The first kappa shape index (κ1) is 16.4. The summed E-state index contributed by atoms with van der Waals surface area (Å²) >= 11 is 3.40. The summed E-state index contributed by atoms with van der Waals surface area (Å²) in [5.41, 5.74) is 1.34. The summed E-state index contributed by atoms with van der Waals surface area (Å²) in [4.78, 5) is 16.9. The summed E-state index contributed by atoms with van der Waals surface area (Å²) in [7, 11) is 0. The second-order valence-corrected chi connectivity index (χ2v) is 6.10. The Morgan fingerprint density at radius 1 is 1.00 bits per heavy atom. The number of carbonyl (C=O) groups is 1. The third kappa shape index (κ3) is 3.54. The summed E-state index contributed by atoms with van der Waals surface area (Å²) in [6.07, 6.45) is 0. The molecule has 24 heavy (non-hydrogen) atoms. The molecule has 0 saturated heterocycles. The van der Waals surface area contributed by atoms with Gasteiger partial charge in [-0.3, -0.25) is 4.79 Å². The van der Waals surface area contributed by atoms with E-state index in [1.165, 1.54) is 0 Å². The van der Waals surface area contributed by atoms with Gasteiger partial charge in [0, 0.05) is 15.6 Å². The van der Waals surface area contributed by atoms with Crippen molar-refractivity contribution in [2.24, 2.45) is 4.99 Å². The van der Waals surface area contributed by atoms with Crippen molar-refractivity contribution in [2.45, 2.75) is 6.92 Å². The van der Waals surface area contributed by atoms with Gasteiger partial charge in [-0.05, 0) is 48.0 Å². The lowest BCUT2D eigenvalue weighted by Crippen LogP contribution is -2.10. The van der Waals surface area contributed by atoms with Crippen LogP contribution in [0.5, 0.6) is 0 Å². The first-order valence-electron chi connectivity index (χ1n) is 7.68. The fourth-order valence-electron chi connectivity index (χ4n) is 2.47. The first-order chi connectivity index (χ1) is 11.7. The molecule has 3 nitrogen and oxygen atoms in total. The SMILES string of the molecule is CCO/C(=N\C(=O)c1cccc2ccccc12)c1ccc(Br)cc1. The van der Waals surface area contributed by atoms with Gasteiger partial charge in [0.1, 0.15) is 0 Å². The van der Waals surface area contributed by atoms with Crippen molar-refractivity contribution < 1.29 is 9.53 Å². The normalized spacial score (nSPS) is 11.5. The van der Waals surface area contributed by atoms with Crippen LogP contribution in [0, 0.1) is 0 Å². The third-order valence-corrected chi connectivity index (χ3v) is 4.12. The molecular formula is C20H16BrNO2. The largest absolute Gasteiger partial charge is 0.477 e. The van der Waals surface area contributed by atoms with E-state index in [0.29, 0.717) is 18.1 Å². The van der Waals surface area contributed by atoms with E-state index in [0.717, 1.165) is 20.8 Å². The Bertz CT molecular complexity index is 896. The van der Waals surface area contributed by atoms with Crippen LogP contribution in [0.25, 0.3) is 10.8 Å². The van der Waals surface area contributed by atoms with Gasteiger partial charge >= 0.3 is 0 Å². The van der Waals surface area contributed by atoms with Gasteiger partial charge in [-0.15, -0.1) is 0 Å². The van der Waals surface area contributed by atoms with Crippen molar-refractivity contribution >= 4 is 38.5 Å². The van der Waals surface area contributed by atoms with E-state index in [1.807, 2.05) is 67.6 Å². The van der Waals surface area contributed by atoms with Crippen molar-refractivity contribution in [1.82, 2.24) is 0 Å². The summed E-state index contributed by atoms with van der Waals surface area (Å²) < 4.78 is 6.55. The zero-order chi connectivity index (χ0) is 16.9. The molecule has 0 spiro atoms. The average molecular weight is 382 g/mol. The number of aliphatic imine (C=N–C) groups is 1. The number of hydrogen-bond donors (Lipinski definition) is 0. The van der Waals surface area contributed by atoms with Gasteiger partial charge < -0.3 is 4.74 Å². The highest BCUT2D eigenvalue weighted by Crippen LogP contribution is 2.20. The van der Waals surface area contributed by atoms with E-state index in [4.69, 9.17) is 4.74 Å². The Balaban J connectivity index is 2.02. The maximum Gasteiger partial charge on any atom is 0.280 e. The fourth-order valence-corrected chi connectivity index (χ4v) is 2.74. The maximum absolute atomic E-state index is 12.7. The molecule has 0 aromatic heterocycles. The minimum Gasteiger partial charge on any atom is -0.477 e. The molecule has 0 heterocycles.